The summed E-state index contributed by atoms with van der Waals surface area (Å²) in [6.07, 6.45) is 0. The molecule has 3 rings (SSSR count). The van der Waals surface area contributed by atoms with E-state index in [4.69, 9.17) is 27.9 Å². The zero-order chi connectivity index (χ0) is 18.2. The first-order valence-corrected chi connectivity index (χ1v) is 9.76. The molecule has 2 aromatic carbocycles. The molecule has 1 heterocycles. The summed E-state index contributed by atoms with van der Waals surface area (Å²) in [5.41, 5.74) is 2.14. The fourth-order valence-electron chi connectivity index (χ4n) is 2.99. The molecule has 0 bridgehead atoms. The van der Waals surface area contributed by atoms with Crippen LogP contribution in [0, 0.1) is 0 Å². The SMILES string of the molecule is Clc1cc(CNCCN2CCNCC2)cc(Cl)c1OCc1ccccc1. The molecule has 1 aliphatic heterocycles. The Hall–Kier alpha value is -1.30. The first-order valence-electron chi connectivity index (χ1n) is 9.01. The van der Waals surface area contributed by atoms with E-state index in [-0.39, 0.29) is 0 Å². The van der Waals surface area contributed by atoms with Gasteiger partial charge in [0, 0.05) is 45.8 Å². The van der Waals surface area contributed by atoms with Crippen molar-refractivity contribution < 1.29 is 4.74 Å². The molecule has 0 aromatic heterocycles. The molecule has 0 spiro atoms. The van der Waals surface area contributed by atoms with Crippen molar-refractivity contribution in [3.05, 3.63) is 63.6 Å². The maximum atomic E-state index is 6.38. The second-order valence-electron chi connectivity index (χ2n) is 6.43. The van der Waals surface area contributed by atoms with Crippen molar-refractivity contribution in [3.8, 4) is 5.75 Å². The maximum Gasteiger partial charge on any atom is 0.156 e. The van der Waals surface area contributed by atoms with E-state index in [0.717, 1.165) is 56.9 Å². The molecule has 4 nitrogen and oxygen atoms in total. The molecule has 2 aromatic rings. The van der Waals surface area contributed by atoms with E-state index in [1.165, 1.54) is 0 Å². The molecule has 0 aliphatic carbocycles. The Bertz CT molecular complexity index is 668. The van der Waals surface area contributed by atoms with Crippen LogP contribution in [-0.4, -0.2) is 44.2 Å². The minimum absolute atomic E-state index is 0.447. The topological polar surface area (TPSA) is 36.5 Å². The van der Waals surface area contributed by atoms with Crippen LogP contribution in [0.4, 0.5) is 0 Å². The third kappa shape index (κ3) is 5.86. The van der Waals surface area contributed by atoms with Gasteiger partial charge in [-0.05, 0) is 23.3 Å². The minimum atomic E-state index is 0.447. The molecule has 2 N–H and O–H groups in total. The van der Waals surface area contributed by atoms with Gasteiger partial charge in [0.05, 0.1) is 10.0 Å². The Morgan fingerprint density at radius 1 is 1.00 bits per heavy atom. The highest BCUT2D eigenvalue weighted by atomic mass is 35.5. The quantitative estimate of drug-likeness (QED) is 0.672. The van der Waals surface area contributed by atoms with E-state index in [1.807, 2.05) is 42.5 Å². The molecular formula is C20H25Cl2N3O. The molecule has 0 atom stereocenters. The highest BCUT2D eigenvalue weighted by molar-refractivity contribution is 6.37. The first kappa shape index (κ1) is 19.5. The van der Waals surface area contributed by atoms with Crippen LogP contribution in [0.1, 0.15) is 11.1 Å². The summed E-state index contributed by atoms with van der Waals surface area (Å²) >= 11 is 12.8. The number of piperazine rings is 1. The maximum absolute atomic E-state index is 6.38. The van der Waals surface area contributed by atoms with Crippen molar-refractivity contribution >= 4 is 23.2 Å². The van der Waals surface area contributed by atoms with Crippen LogP contribution in [0.3, 0.4) is 0 Å². The van der Waals surface area contributed by atoms with Gasteiger partial charge < -0.3 is 15.4 Å². The van der Waals surface area contributed by atoms with E-state index in [0.29, 0.717) is 22.4 Å². The van der Waals surface area contributed by atoms with Crippen molar-refractivity contribution in [2.45, 2.75) is 13.2 Å². The molecule has 0 unspecified atom stereocenters. The zero-order valence-electron chi connectivity index (χ0n) is 14.8. The lowest BCUT2D eigenvalue weighted by molar-refractivity contribution is 0.241. The number of ether oxygens (including phenoxy) is 1. The number of rotatable bonds is 8. The normalized spacial score (nSPS) is 15.2. The van der Waals surface area contributed by atoms with Crippen molar-refractivity contribution in [2.75, 3.05) is 39.3 Å². The van der Waals surface area contributed by atoms with E-state index in [1.54, 1.807) is 0 Å². The van der Waals surface area contributed by atoms with Gasteiger partial charge in [-0.25, -0.2) is 0 Å². The molecule has 1 aliphatic rings. The van der Waals surface area contributed by atoms with Gasteiger partial charge in [-0.15, -0.1) is 0 Å². The molecule has 26 heavy (non-hydrogen) atoms. The minimum Gasteiger partial charge on any atom is -0.486 e. The van der Waals surface area contributed by atoms with E-state index >= 15 is 0 Å². The average molecular weight is 394 g/mol. The highest BCUT2D eigenvalue weighted by Gasteiger charge is 2.11. The van der Waals surface area contributed by atoms with Crippen molar-refractivity contribution in [2.24, 2.45) is 0 Å². The summed E-state index contributed by atoms with van der Waals surface area (Å²) in [6, 6.07) is 13.8. The molecule has 0 radical (unpaired) electrons. The number of hydrogen-bond donors (Lipinski definition) is 2. The summed E-state index contributed by atoms with van der Waals surface area (Å²) in [5.74, 6) is 0.543. The third-order valence-corrected chi connectivity index (χ3v) is 4.99. The summed E-state index contributed by atoms with van der Waals surface area (Å²) in [5, 5.41) is 7.92. The highest BCUT2D eigenvalue weighted by Crippen LogP contribution is 2.34. The molecule has 0 saturated carbocycles. The standard InChI is InChI=1S/C20H25Cl2N3O/c21-18-12-17(14-24-8-11-25-9-6-23-7-10-25)13-19(22)20(18)26-15-16-4-2-1-3-5-16/h1-5,12-13,23-24H,6-11,14-15H2. The van der Waals surface area contributed by atoms with Gasteiger partial charge in [0.2, 0.25) is 0 Å². The fourth-order valence-corrected chi connectivity index (χ4v) is 3.63. The van der Waals surface area contributed by atoms with Crippen LogP contribution < -0.4 is 15.4 Å². The predicted molar refractivity (Wildman–Crippen MR) is 108 cm³/mol. The Kier molecular flexibility index (Phi) is 7.59. The van der Waals surface area contributed by atoms with Crippen LogP contribution in [0.5, 0.6) is 5.75 Å². The van der Waals surface area contributed by atoms with Crippen molar-refractivity contribution in [1.82, 2.24) is 15.5 Å². The Morgan fingerprint density at radius 3 is 2.38 bits per heavy atom. The van der Waals surface area contributed by atoms with E-state index in [9.17, 15) is 0 Å². The van der Waals surface area contributed by atoms with Crippen LogP contribution in [-0.2, 0) is 13.2 Å². The van der Waals surface area contributed by atoms with Gasteiger partial charge in [0.1, 0.15) is 6.61 Å². The number of benzene rings is 2. The Morgan fingerprint density at radius 2 is 1.69 bits per heavy atom. The fraction of sp³-hybridized carbons (Fsp3) is 0.400. The Balaban J connectivity index is 1.48. The van der Waals surface area contributed by atoms with Gasteiger partial charge in [-0.1, -0.05) is 53.5 Å². The number of nitrogens with one attached hydrogen (secondary N) is 2. The summed E-state index contributed by atoms with van der Waals surface area (Å²) < 4.78 is 5.82. The van der Waals surface area contributed by atoms with Crippen LogP contribution in [0.25, 0.3) is 0 Å². The monoisotopic (exact) mass is 393 g/mol. The second-order valence-corrected chi connectivity index (χ2v) is 7.25. The van der Waals surface area contributed by atoms with Gasteiger partial charge in [-0.3, -0.25) is 4.90 Å². The van der Waals surface area contributed by atoms with Crippen LogP contribution in [0.15, 0.2) is 42.5 Å². The summed E-state index contributed by atoms with van der Waals surface area (Å²) in [6.45, 7) is 7.58. The van der Waals surface area contributed by atoms with Crippen molar-refractivity contribution in [1.29, 1.82) is 0 Å². The molecule has 1 saturated heterocycles. The first-order chi connectivity index (χ1) is 12.7. The lowest BCUT2D eigenvalue weighted by atomic mass is 10.2. The van der Waals surface area contributed by atoms with E-state index < -0.39 is 0 Å². The van der Waals surface area contributed by atoms with Gasteiger partial charge in [-0.2, -0.15) is 0 Å². The Labute approximate surface area is 165 Å². The van der Waals surface area contributed by atoms with E-state index in [2.05, 4.69) is 15.5 Å². The molecular weight excluding hydrogens is 369 g/mol. The summed E-state index contributed by atoms with van der Waals surface area (Å²) in [7, 11) is 0. The molecule has 1 fully saturated rings. The second kappa shape index (κ2) is 10.1. The number of nitrogens with zero attached hydrogens (tertiary/aromatic N) is 1. The molecule has 0 amide bonds. The summed E-state index contributed by atoms with van der Waals surface area (Å²) in [4.78, 5) is 2.46. The molecule has 6 heteroatoms. The van der Waals surface area contributed by atoms with Gasteiger partial charge >= 0.3 is 0 Å². The third-order valence-electron chi connectivity index (χ3n) is 4.43. The van der Waals surface area contributed by atoms with Gasteiger partial charge in [0.15, 0.2) is 5.75 Å². The largest absolute Gasteiger partial charge is 0.486 e. The smallest absolute Gasteiger partial charge is 0.156 e. The average Bonchev–Trinajstić information content (AvgIpc) is 2.66. The van der Waals surface area contributed by atoms with Crippen molar-refractivity contribution in [3.63, 3.8) is 0 Å². The van der Waals surface area contributed by atoms with Gasteiger partial charge in [0.25, 0.3) is 0 Å². The lowest BCUT2D eigenvalue weighted by Gasteiger charge is -2.27. The molecule has 140 valence electrons. The lowest BCUT2D eigenvalue weighted by Crippen LogP contribution is -2.45. The predicted octanol–water partition coefficient (Wildman–Crippen LogP) is 3.57. The zero-order valence-corrected chi connectivity index (χ0v) is 16.3. The van der Waals surface area contributed by atoms with Crippen LogP contribution in [0.2, 0.25) is 10.0 Å². The number of halogens is 2. The van der Waals surface area contributed by atoms with Crippen LogP contribution >= 0.6 is 23.2 Å². The number of hydrogen-bond acceptors (Lipinski definition) is 4.